The first-order valence-corrected chi connectivity index (χ1v) is 10.9. The van der Waals surface area contributed by atoms with Gasteiger partial charge in [-0.05, 0) is 43.7 Å². The first-order valence-electron chi connectivity index (χ1n) is 9.50. The Balaban J connectivity index is 1.65. The van der Waals surface area contributed by atoms with Crippen molar-refractivity contribution in [3.8, 4) is 0 Å². The number of piperazine rings is 1. The van der Waals surface area contributed by atoms with E-state index in [1.54, 1.807) is 6.92 Å². The molecule has 2 aromatic rings. The molecule has 0 saturated carbocycles. The van der Waals surface area contributed by atoms with E-state index < -0.39 is 16.0 Å². The van der Waals surface area contributed by atoms with E-state index in [9.17, 15) is 13.2 Å². The van der Waals surface area contributed by atoms with Crippen LogP contribution in [0.5, 0.6) is 0 Å². The SMILES string of the molecule is CCOC(=O)c1ccc(S(=O)(=O)N2CCN([C@H](C)c3ccccc3)CC2)cc1. The first-order chi connectivity index (χ1) is 13.4. The molecule has 1 fully saturated rings. The van der Waals surface area contributed by atoms with Gasteiger partial charge < -0.3 is 4.74 Å². The molecule has 7 heteroatoms. The van der Waals surface area contributed by atoms with Crippen molar-refractivity contribution >= 4 is 16.0 Å². The largest absolute Gasteiger partial charge is 0.462 e. The molecular formula is C21H26N2O4S. The quantitative estimate of drug-likeness (QED) is 0.695. The van der Waals surface area contributed by atoms with E-state index in [0.29, 0.717) is 31.7 Å². The fraction of sp³-hybridized carbons (Fsp3) is 0.381. The zero-order valence-corrected chi connectivity index (χ0v) is 17.1. The Morgan fingerprint density at radius 1 is 1.00 bits per heavy atom. The summed E-state index contributed by atoms with van der Waals surface area (Å²) in [6.45, 7) is 6.40. The summed E-state index contributed by atoms with van der Waals surface area (Å²) in [4.78, 5) is 14.2. The van der Waals surface area contributed by atoms with Gasteiger partial charge in [0, 0.05) is 32.2 Å². The summed E-state index contributed by atoms with van der Waals surface area (Å²) in [5.41, 5.74) is 1.58. The summed E-state index contributed by atoms with van der Waals surface area (Å²) in [5.74, 6) is -0.449. The Kier molecular flexibility index (Phi) is 6.49. The topological polar surface area (TPSA) is 66.9 Å². The average molecular weight is 403 g/mol. The third-order valence-electron chi connectivity index (χ3n) is 5.11. The number of nitrogens with zero attached hydrogens (tertiary/aromatic N) is 2. The smallest absolute Gasteiger partial charge is 0.338 e. The number of carbonyl (C=O) groups excluding carboxylic acids is 1. The van der Waals surface area contributed by atoms with Crippen LogP contribution in [0.15, 0.2) is 59.5 Å². The van der Waals surface area contributed by atoms with Gasteiger partial charge in [0.05, 0.1) is 17.1 Å². The maximum absolute atomic E-state index is 12.9. The summed E-state index contributed by atoms with van der Waals surface area (Å²) in [5, 5.41) is 0. The number of sulfonamides is 1. The van der Waals surface area contributed by atoms with Gasteiger partial charge in [0.1, 0.15) is 0 Å². The van der Waals surface area contributed by atoms with Crippen molar-refractivity contribution in [2.45, 2.75) is 24.8 Å². The summed E-state index contributed by atoms with van der Waals surface area (Å²) in [6, 6.07) is 16.4. The second-order valence-electron chi connectivity index (χ2n) is 6.77. The van der Waals surface area contributed by atoms with E-state index in [1.807, 2.05) is 18.2 Å². The molecule has 3 rings (SSSR count). The van der Waals surface area contributed by atoms with E-state index in [2.05, 4.69) is 24.0 Å². The molecule has 2 aromatic carbocycles. The maximum Gasteiger partial charge on any atom is 0.338 e. The lowest BCUT2D eigenvalue weighted by Gasteiger charge is -2.37. The van der Waals surface area contributed by atoms with Crippen molar-refractivity contribution in [3.63, 3.8) is 0 Å². The van der Waals surface area contributed by atoms with Gasteiger partial charge in [-0.15, -0.1) is 0 Å². The monoisotopic (exact) mass is 402 g/mol. The molecule has 1 aliphatic heterocycles. The summed E-state index contributed by atoms with van der Waals surface area (Å²) < 4.78 is 32.3. The van der Waals surface area contributed by atoms with Crippen LogP contribution in [0.4, 0.5) is 0 Å². The van der Waals surface area contributed by atoms with Gasteiger partial charge in [-0.3, -0.25) is 4.90 Å². The van der Waals surface area contributed by atoms with E-state index in [-0.39, 0.29) is 17.5 Å². The van der Waals surface area contributed by atoms with Gasteiger partial charge in [-0.1, -0.05) is 30.3 Å². The number of carbonyl (C=O) groups is 1. The van der Waals surface area contributed by atoms with Crippen molar-refractivity contribution in [2.75, 3.05) is 32.8 Å². The predicted octanol–water partition coefficient (Wildman–Crippen LogP) is 2.93. The fourth-order valence-electron chi connectivity index (χ4n) is 3.40. The molecule has 0 amide bonds. The maximum atomic E-state index is 12.9. The number of hydrogen-bond donors (Lipinski definition) is 0. The highest BCUT2D eigenvalue weighted by atomic mass is 32.2. The number of benzene rings is 2. The number of hydrogen-bond acceptors (Lipinski definition) is 5. The van der Waals surface area contributed by atoms with E-state index >= 15 is 0 Å². The van der Waals surface area contributed by atoms with Crippen LogP contribution in [0.25, 0.3) is 0 Å². The molecule has 1 aliphatic rings. The zero-order valence-electron chi connectivity index (χ0n) is 16.2. The molecule has 28 heavy (non-hydrogen) atoms. The van der Waals surface area contributed by atoms with Crippen LogP contribution in [-0.4, -0.2) is 56.4 Å². The highest BCUT2D eigenvalue weighted by Crippen LogP contribution is 2.24. The molecule has 6 nitrogen and oxygen atoms in total. The van der Waals surface area contributed by atoms with Gasteiger partial charge in [0.15, 0.2) is 0 Å². The predicted molar refractivity (Wildman–Crippen MR) is 108 cm³/mol. The highest BCUT2D eigenvalue weighted by molar-refractivity contribution is 7.89. The minimum atomic E-state index is -3.58. The molecule has 0 bridgehead atoms. The van der Waals surface area contributed by atoms with Crippen molar-refractivity contribution in [1.82, 2.24) is 9.21 Å². The molecule has 150 valence electrons. The second kappa shape index (κ2) is 8.86. The van der Waals surface area contributed by atoms with E-state index in [1.165, 1.54) is 34.1 Å². The number of esters is 1. The number of ether oxygens (including phenoxy) is 1. The highest BCUT2D eigenvalue weighted by Gasteiger charge is 2.30. The number of rotatable bonds is 6. The molecule has 1 atom stereocenters. The second-order valence-corrected chi connectivity index (χ2v) is 8.71. The Morgan fingerprint density at radius 2 is 1.61 bits per heavy atom. The van der Waals surface area contributed by atoms with Crippen molar-refractivity contribution in [1.29, 1.82) is 0 Å². The molecule has 1 heterocycles. The molecule has 0 spiro atoms. The molecule has 0 N–H and O–H groups in total. The van der Waals surface area contributed by atoms with Crippen molar-refractivity contribution < 1.29 is 17.9 Å². The lowest BCUT2D eigenvalue weighted by molar-refractivity contribution is 0.0526. The van der Waals surface area contributed by atoms with Crippen LogP contribution >= 0.6 is 0 Å². The Hall–Kier alpha value is -2.22. The lowest BCUT2D eigenvalue weighted by Crippen LogP contribution is -2.49. The van der Waals surface area contributed by atoms with Crippen LogP contribution in [-0.2, 0) is 14.8 Å². The minimum absolute atomic E-state index is 0.199. The summed E-state index contributed by atoms with van der Waals surface area (Å²) in [7, 11) is -3.58. The van der Waals surface area contributed by atoms with Gasteiger partial charge in [0.2, 0.25) is 10.0 Å². The van der Waals surface area contributed by atoms with Crippen LogP contribution in [0.2, 0.25) is 0 Å². The van der Waals surface area contributed by atoms with Crippen LogP contribution in [0, 0.1) is 0 Å². The van der Waals surface area contributed by atoms with E-state index in [0.717, 1.165) is 0 Å². The Labute approximate surface area is 166 Å². The molecular weight excluding hydrogens is 376 g/mol. The minimum Gasteiger partial charge on any atom is -0.462 e. The van der Waals surface area contributed by atoms with Gasteiger partial charge in [-0.25, -0.2) is 13.2 Å². The van der Waals surface area contributed by atoms with E-state index in [4.69, 9.17) is 4.74 Å². The Morgan fingerprint density at radius 3 is 2.18 bits per heavy atom. The first kappa shape index (κ1) is 20.5. The molecule has 0 unspecified atom stereocenters. The third kappa shape index (κ3) is 4.43. The fourth-order valence-corrected chi connectivity index (χ4v) is 4.82. The summed E-state index contributed by atoms with van der Waals surface area (Å²) in [6.07, 6.45) is 0. The summed E-state index contributed by atoms with van der Waals surface area (Å²) >= 11 is 0. The third-order valence-corrected chi connectivity index (χ3v) is 7.02. The molecule has 0 aliphatic carbocycles. The van der Waals surface area contributed by atoms with Crippen molar-refractivity contribution in [3.05, 3.63) is 65.7 Å². The van der Waals surface area contributed by atoms with Crippen LogP contribution in [0.3, 0.4) is 0 Å². The normalized spacial score (nSPS) is 17.2. The average Bonchev–Trinajstić information content (AvgIpc) is 2.74. The zero-order chi connectivity index (χ0) is 20.1. The van der Waals surface area contributed by atoms with Crippen LogP contribution in [0.1, 0.15) is 35.8 Å². The molecule has 0 aromatic heterocycles. The van der Waals surface area contributed by atoms with Gasteiger partial charge >= 0.3 is 5.97 Å². The Bertz CT molecular complexity index is 890. The lowest BCUT2D eigenvalue weighted by atomic mass is 10.1. The van der Waals surface area contributed by atoms with Gasteiger partial charge in [0.25, 0.3) is 0 Å². The molecule has 1 saturated heterocycles. The van der Waals surface area contributed by atoms with Crippen LogP contribution < -0.4 is 0 Å². The molecule has 0 radical (unpaired) electrons. The van der Waals surface area contributed by atoms with Gasteiger partial charge in [-0.2, -0.15) is 4.31 Å². The standard InChI is InChI=1S/C21H26N2O4S/c1-3-27-21(24)19-9-11-20(12-10-19)28(25,26)23-15-13-22(14-16-23)17(2)18-7-5-4-6-8-18/h4-12,17H,3,13-16H2,1-2H3/t17-/m1/s1. The van der Waals surface area contributed by atoms with Crippen molar-refractivity contribution in [2.24, 2.45) is 0 Å².